The topological polar surface area (TPSA) is 52.6 Å². The molecule has 1 aromatic heterocycles. The lowest BCUT2D eigenvalue weighted by Gasteiger charge is -2.18. The number of pyridine rings is 1. The van der Waals surface area contributed by atoms with Crippen LogP contribution in [0.15, 0.2) is 23.3 Å². The average molecular weight is 362 g/mol. The third kappa shape index (κ3) is 5.27. The molecule has 2 atom stereocenters. The maximum atomic E-state index is 4.81. The van der Waals surface area contributed by atoms with Crippen molar-refractivity contribution in [2.75, 3.05) is 30.8 Å². The number of nitrogens with zero attached hydrogens (tertiary/aromatic N) is 3. The van der Waals surface area contributed by atoms with E-state index in [1.807, 2.05) is 18.0 Å². The zero-order valence-corrected chi connectivity index (χ0v) is 16.3. The Morgan fingerprint density at radius 1 is 1.36 bits per heavy atom. The molecule has 1 aromatic rings. The molecule has 2 N–H and O–H groups in total. The first-order valence-electron chi connectivity index (χ1n) is 9.56. The second-order valence-electron chi connectivity index (χ2n) is 6.92. The summed E-state index contributed by atoms with van der Waals surface area (Å²) in [5.41, 5.74) is 1.22. The van der Waals surface area contributed by atoms with Gasteiger partial charge in [-0.05, 0) is 63.0 Å². The summed E-state index contributed by atoms with van der Waals surface area (Å²) in [6.45, 7) is 5.95. The van der Waals surface area contributed by atoms with E-state index in [0.29, 0.717) is 12.6 Å². The first-order valence-corrected chi connectivity index (χ1v) is 10.8. The van der Waals surface area contributed by atoms with Gasteiger partial charge in [-0.25, -0.2) is 9.98 Å². The Morgan fingerprint density at radius 3 is 2.92 bits per heavy atom. The average Bonchev–Trinajstić information content (AvgIpc) is 3.32. The van der Waals surface area contributed by atoms with Gasteiger partial charge in [0.2, 0.25) is 0 Å². The van der Waals surface area contributed by atoms with E-state index >= 15 is 0 Å². The smallest absolute Gasteiger partial charge is 0.191 e. The van der Waals surface area contributed by atoms with Gasteiger partial charge >= 0.3 is 0 Å². The first-order chi connectivity index (χ1) is 12.3. The number of hydrogen-bond acceptors (Lipinski definition) is 4. The summed E-state index contributed by atoms with van der Waals surface area (Å²) < 4.78 is 0. The van der Waals surface area contributed by atoms with Gasteiger partial charge in [-0.2, -0.15) is 11.8 Å². The van der Waals surface area contributed by atoms with Gasteiger partial charge in [-0.3, -0.25) is 0 Å². The summed E-state index contributed by atoms with van der Waals surface area (Å²) >= 11 is 1.99. The van der Waals surface area contributed by atoms with Crippen molar-refractivity contribution < 1.29 is 0 Å². The molecule has 3 rings (SSSR count). The molecule has 2 fully saturated rings. The molecule has 1 saturated carbocycles. The van der Waals surface area contributed by atoms with E-state index < -0.39 is 0 Å². The fourth-order valence-corrected chi connectivity index (χ4v) is 4.44. The van der Waals surface area contributed by atoms with Crippen molar-refractivity contribution in [3.8, 4) is 0 Å². The minimum absolute atomic E-state index is 0.549. The lowest BCUT2D eigenvalue weighted by Crippen LogP contribution is -2.42. The molecule has 1 aliphatic carbocycles. The third-order valence-corrected chi connectivity index (χ3v) is 6.16. The molecule has 2 aliphatic rings. The minimum atomic E-state index is 0.549. The van der Waals surface area contributed by atoms with Gasteiger partial charge in [0.05, 0.1) is 6.54 Å². The van der Waals surface area contributed by atoms with Gasteiger partial charge < -0.3 is 15.5 Å². The van der Waals surface area contributed by atoms with Crippen LogP contribution < -0.4 is 15.5 Å². The largest absolute Gasteiger partial charge is 0.357 e. The van der Waals surface area contributed by atoms with Gasteiger partial charge in [0.15, 0.2) is 5.96 Å². The first kappa shape index (κ1) is 18.4. The zero-order chi connectivity index (χ0) is 17.5. The van der Waals surface area contributed by atoms with Crippen molar-refractivity contribution >= 4 is 23.5 Å². The van der Waals surface area contributed by atoms with Crippen LogP contribution in [0.3, 0.4) is 0 Å². The number of aliphatic imine (C=N–C) groups is 1. The van der Waals surface area contributed by atoms with Gasteiger partial charge in [-0.15, -0.1) is 0 Å². The molecule has 2 unspecified atom stereocenters. The van der Waals surface area contributed by atoms with Gasteiger partial charge in [0, 0.05) is 37.1 Å². The van der Waals surface area contributed by atoms with Crippen LogP contribution in [-0.2, 0) is 6.54 Å². The van der Waals surface area contributed by atoms with Crippen LogP contribution in [0, 0.1) is 0 Å². The van der Waals surface area contributed by atoms with Crippen LogP contribution in [0.1, 0.15) is 44.6 Å². The molecule has 5 nitrogen and oxygen atoms in total. The summed E-state index contributed by atoms with van der Waals surface area (Å²) in [4.78, 5) is 11.7. The van der Waals surface area contributed by atoms with Crippen molar-refractivity contribution in [3.05, 3.63) is 23.9 Å². The maximum Gasteiger partial charge on any atom is 0.191 e. The predicted molar refractivity (Wildman–Crippen MR) is 109 cm³/mol. The van der Waals surface area contributed by atoms with Crippen molar-refractivity contribution in [1.29, 1.82) is 0 Å². The van der Waals surface area contributed by atoms with Crippen LogP contribution >= 0.6 is 11.8 Å². The monoisotopic (exact) mass is 361 g/mol. The summed E-state index contributed by atoms with van der Waals surface area (Å²) in [5, 5.41) is 7.80. The molecule has 138 valence electrons. The third-order valence-electron chi connectivity index (χ3n) is 5.06. The van der Waals surface area contributed by atoms with E-state index in [4.69, 9.17) is 4.99 Å². The van der Waals surface area contributed by atoms with Crippen molar-refractivity contribution in [2.45, 2.75) is 56.9 Å². The highest BCUT2D eigenvalue weighted by molar-refractivity contribution is 7.99. The maximum absolute atomic E-state index is 4.81. The highest BCUT2D eigenvalue weighted by atomic mass is 32.2. The molecular weight excluding hydrogens is 330 g/mol. The Kier molecular flexibility index (Phi) is 6.84. The Hall–Kier alpha value is -1.43. The molecule has 2 heterocycles. The van der Waals surface area contributed by atoms with Crippen LogP contribution in [0.4, 0.5) is 5.82 Å². The number of rotatable bonds is 6. The number of anilines is 1. The zero-order valence-electron chi connectivity index (χ0n) is 15.5. The second-order valence-corrected chi connectivity index (χ2v) is 8.06. The number of aromatic nitrogens is 1. The summed E-state index contributed by atoms with van der Waals surface area (Å²) in [7, 11) is 0. The van der Waals surface area contributed by atoms with Gasteiger partial charge in [0.1, 0.15) is 5.82 Å². The van der Waals surface area contributed by atoms with E-state index in [9.17, 15) is 0 Å². The second kappa shape index (κ2) is 9.32. The molecule has 0 spiro atoms. The van der Waals surface area contributed by atoms with E-state index in [1.165, 1.54) is 37.7 Å². The highest BCUT2D eigenvalue weighted by Crippen LogP contribution is 2.28. The van der Waals surface area contributed by atoms with Crippen LogP contribution in [0.2, 0.25) is 0 Å². The molecule has 25 heavy (non-hydrogen) atoms. The molecule has 0 radical (unpaired) electrons. The van der Waals surface area contributed by atoms with Gasteiger partial charge in [0.25, 0.3) is 0 Å². The summed E-state index contributed by atoms with van der Waals surface area (Å²) in [6.07, 6.45) is 10.5. The molecule has 0 amide bonds. The van der Waals surface area contributed by atoms with Crippen LogP contribution in [-0.4, -0.2) is 48.1 Å². The van der Waals surface area contributed by atoms with Crippen molar-refractivity contribution in [2.24, 2.45) is 4.99 Å². The Bertz CT molecular complexity index is 571. The molecule has 0 bridgehead atoms. The lowest BCUT2D eigenvalue weighted by atomic mass is 10.2. The molecule has 6 heteroatoms. The fraction of sp³-hybridized carbons (Fsp3) is 0.684. The number of guanidine groups is 1. The van der Waals surface area contributed by atoms with Crippen molar-refractivity contribution in [3.63, 3.8) is 0 Å². The summed E-state index contributed by atoms with van der Waals surface area (Å²) in [5.74, 6) is 2.04. The van der Waals surface area contributed by atoms with E-state index in [-0.39, 0.29) is 0 Å². The van der Waals surface area contributed by atoms with E-state index in [0.717, 1.165) is 36.7 Å². The SMILES string of the molecule is CCNC(=NCc1ccnc(N2CCCC2)c1)NC1CCC(SC)C1. The Morgan fingerprint density at radius 2 is 2.20 bits per heavy atom. The van der Waals surface area contributed by atoms with E-state index in [1.54, 1.807) is 0 Å². The van der Waals surface area contributed by atoms with Crippen LogP contribution in [0.25, 0.3) is 0 Å². The predicted octanol–water partition coefficient (Wildman–Crippen LogP) is 3.02. The molecule has 1 aliphatic heterocycles. The fourth-order valence-electron chi connectivity index (χ4n) is 3.65. The van der Waals surface area contributed by atoms with Crippen LogP contribution in [0.5, 0.6) is 0 Å². The minimum Gasteiger partial charge on any atom is -0.357 e. The standard InChI is InChI=1S/C19H31N5S/c1-3-20-19(23-16-6-7-17(13-16)25-2)22-14-15-8-9-21-18(12-15)24-10-4-5-11-24/h8-9,12,16-17H,3-7,10-11,13-14H2,1-2H3,(H2,20,22,23). The normalized spacial score (nSPS) is 23.9. The number of thioether (sulfide) groups is 1. The highest BCUT2D eigenvalue weighted by Gasteiger charge is 2.24. The number of nitrogens with one attached hydrogen (secondary N) is 2. The molecule has 0 aromatic carbocycles. The van der Waals surface area contributed by atoms with E-state index in [2.05, 4.69) is 45.8 Å². The Labute approximate surface area is 156 Å². The molecule has 1 saturated heterocycles. The number of hydrogen-bond donors (Lipinski definition) is 2. The summed E-state index contributed by atoms with van der Waals surface area (Å²) in [6, 6.07) is 4.82. The van der Waals surface area contributed by atoms with Gasteiger partial charge in [-0.1, -0.05) is 0 Å². The quantitative estimate of drug-likeness (QED) is 0.602. The molecular formula is C19H31N5S. The lowest BCUT2D eigenvalue weighted by molar-refractivity contribution is 0.615. The van der Waals surface area contributed by atoms with Crippen molar-refractivity contribution in [1.82, 2.24) is 15.6 Å². The Balaban J connectivity index is 1.60.